The van der Waals surface area contributed by atoms with Gasteiger partial charge in [0.05, 0.1) is 11.1 Å². The molecule has 28 heavy (non-hydrogen) atoms. The number of thiophene rings is 1. The van der Waals surface area contributed by atoms with Gasteiger partial charge in [-0.2, -0.15) is 0 Å². The van der Waals surface area contributed by atoms with Crippen molar-refractivity contribution in [3.8, 4) is 11.1 Å². The summed E-state index contributed by atoms with van der Waals surface area (Å²) >= 11 is 2.76. The van der Waals surface area contributed by atoms with E-state index in [9.17, 15) is 9.59 Å². The molecule has 0 saturated heterocycles. The van der Waals surface area contributed by atoms with E-state index in [2.05, 4.69) is 36.3 Å². The molecule has 2 heterocycles. The van der Waals surface area contributed by atoms with Gasteiger partial charge >= 0.3 is 0 Å². The third-order valence-corrected chi connectivity index (χ3v) is 6.85. The van der Waals surface area contributed by atoms with Crippen molar-refractivity contribution in [3.63, 3.8) is 0 Å². The van der Waals surface area contributed by atoms with E-state index in [0.717, 1.165) is 17.5 Å². The number of rotatable bonds is 6. The van der Waals surface area contributed by atoms with Crippen molar-refractivity contribution in [1.82, 2.24) is 14.9 Å². The van der Waals surface area contributed by atoms with E-state index in [1.54, 1.807) is 11.6 Å². The number of nitrogens with zero attached hydrogens (tertiary/aromatic N) is 2. The van der Waals surface area contributed by atoms with Crippen molar-refractivity contribution in [2.75, 3.05) is 5.75 Å². The zero-order valence-electron chi connectivity index (χ0n) is 16.8. The number of aryl methyl sites for hydroxylation is 2. The minimum absolute atomic E-state index is 0.0457. The Hall–Kier alpha value is -2.12. The fraction of sp³-hybridized carbons (Fsp3) is 0.381. The van der Waals surface area contributed by atoms with Crippen molar-refractivity contribution in [1.29, 1.82) is 0 Å². The Bertz CT molecular complexity index is 1090. The SMILES string of the molecule is CCC(C)NC(=O)CSc1nc2scc(-c3ccc(C)c(C)c3)c2c(=O)n1C. The summed E-state index contributed by atoms with van der Waals surface area (Å²) < 4.78 is 1.54. The van der Waals surface area contributed by atoms with E-state index in [1.165, 1.54) is 34.2 Å². The van der Waals surface area contributed by atoms with E-state index in [4.69, 9.17) is 0 Å². The minimum atomic E-state index is -0.0793. The predicted molar refractivity (Wildman–Crippen MR) is 118 cm³/mol. The molecule has 1 N–H and O–H groups in total. The summed E-state index contributed by atoms with van der Waals surface area (Å²) in [6, 6.07) is 6.38. The maximum atomic E-state index is 13.0. The highest BCUT2D eigenvalue weighted by Crippen LogP contribution is 2.32. The van der Waals surface area contributed by atoms with E-state index in [1.807, 2.05) is 25.3 Å². The average molecular weight is 416 g/mol. The van der Waals surface area contributed by atoms with Crippen LogP contribution in [-0.2, 0) is 11.8 Å². The fourth-order valence-electron chi connectivity index (χ4n) is 2.85. The summed E-state index contributed by atoms with van der Waals surface area (Å²) in [6.45, 7) is 8.15. The summed E-state index contributed by atoms with van der Waals surface area (Å²) in [5.74, 6) is 0.196. The zero-order chi connectivity index (χ0) is 20.4. The van der Waals surface area contributed by atoms with Crippen LogP contribution < -0.4 is 10.9 Å². The van der Waals surface area contributed by atoms with Crippen LogP contribution >= 0.6 is 23.1 Å². The zero-order valence-corrected chi connectivity index (χ0v) is 18.5. The molecule has 0 aliphatic rings. The number of amides is 1. The maximum absolute atomic E-state index is 13.0. The number of thioether (sulfide) groups is 1. The number of nitrogens with one attached hydrogen (secondary N) is 1. The molecule has 5 nitrogen and oxygen atoms in total. The Kier molecular flexibility index (Phi) is 6.25. The lowest BCUT2D eigenvalue weighted by Gasteiger charge is -2.12. The summed E-state index contributed by atoms with van der Waals surface area (Å²) in [7, 11) is 1.71. The average Bonchev–Trinajstić information content (AvgIpc) is 3.09. The number of hydrogen-bond donors (Lipinski definition) is 1. The number of carbonyl (C=O) groups is 1. The molecule has 1 amide bonds. The van der Waals surface area contributed by atoms with E-state index >= 15 is 0 Å². The molecule has 0 spiro atoms. The Labute approximate surface area is 173 Å². The molecule has 0 aliphatic carbocycles. The fourth-order valence-corrected chi connectivity index (χ4v) is 4.62. The first-order chi connectivity index (χ1) is 13.3. The van der Waals surface area contributed by atoms with Crippen LogP contribution in [0.1, 0.15) is 31.4 Å². The van der Waals surface area contributed by atoms with Crippen molar-refractivity contribution < 1.29 is 4.79 Å². The molecule has 0 bridgehead atoms. The summed E-state index contributed by atoms with van der Waals surface area (Å²) in [5.41, 5.74) is 4.29. The van der Waals surface area contributed by atoms with Gasteiger partial charge in [-0.1, -0.05) is 36.9 Å². The largest absolute Gasteiger partial charge is 0.353 e. The van der Waals surface area contributed by atoms with Gasteiger partial charge in [-0.15, -0.1) is 11.3 Å². The van der Waals surface area contributed by atoms with Crippen LogP contribution in [0.4, 0.5) is 0 Å². The second-order valence-corrected chi connectivity index (χ2v) is 8.85. The Morgan fingerprint density at radius 2 is 2.07 bits per heavy atom. The lowest BCUT2D eigenvalue weighted by molar-refractivity contribution is -0.119. The number of carbonyl (C=O) groups excluding carboxylic acids is 1. The van der Waals surface area contributed by atoms with Crippen LogP contribution in [0, 0.1) is 13.8 Å². The molecule has 148 valence electrons. The highest BCUT2D eigenvalue weighted by Gasteiger charge is 2.17. The van der Waals surface area contributed by atoms with Gasteiger partial charge in [0.2, 0.25) is 5.91 Å². The first kappa shape index (κ1) is 20.6. The molecule has 3 aromatic rings. The van der Waals surface area contributed by atoms with Gasteiger partial charge in [-0.3, -0.25) is 14.2 Å². The molecular weight excluding hydrogens is 390 g/mol. The third kappa shape index (κ3) is 4.15. The summed E-state index contributed by atoms with van der Waals surface area (Å²) in [6.07, 6.45) is 0.884. The highest BCUT2D eigenvalue weighted by atomic mass is 32.2. The van der Waals surface area contributed by atoms with Gasteiger partial charge in [0, 0.05) is 24.0 Å². The molecule has 7 heteroatoms. The second-order valence-electron chi connectivity index (χ2n) is 7.05. The van der Waals surface area contributed by atoms with Gasteiger partial charge in [0.1, 0.15) is 4.83 Å². The first-order valence-electron chi connectivity index (χ1n) is 9.29. The molecule has 2 aromatic heterocycles. The van der Waals surface area contributed by atoms with Crippen LogP contribution in [0.15, 0.2) is 33.5 Å². The molecule has 1 unspecified atom stereocenters. The monoisotopic (exact) mass is 415 g/mol. The van der Waals surface area contributed by atoms with Crippen LogP contribution in [-0.4, -0.2) is 27.3 Å². The van der Waals surface area contributed by atoms with Crippen LogP contribution in [0.2, 0.25) is 0 Å². The topological polar surface area (TPSA) is 64.0 Å². The van der Waals surface area contributed by atoms with Gasteiger partial charge < -0.3 is 5.32 Å². The van der Waals surface area contributed by atoms with Crippen LogP contribution in [0.25, 0.3) is 21.3 Å². The highest BCUT2D eigenvalue weighted by molar-refractivity contribution is 7.99. The maximum Gasteiger partial charge on any atom is 0.263 e. The molecule has 1 atom stereocenters. The van der Waals surface area contributed by atoms with Crippen LogP contribution in [0.3, 0.4) is 0 Å². The molecule has 0 aliphatic heterocycles. The molecule has 0 saturated carbocycles. The standard InChI is InChI=1S/C21H25N3O2S2/c1-6-14(4)22-17(25)11-28-21-23-19-18(20(26)24(21)5)16(10-27-19)15-8-7-12(2)13(3)9-15/h7-10,14H,6,11H2,1-5H3,(H,22,25). The second kappa shape index (κ2) is 8.49. The van der Waals surface area contributed by atoms with Crippen molar-refractivity contribution in [2.24, 2.45) is 7.05 Å². The number of aromatic nitrogens is 2. The third-order valence-electron chi connectivity index (χ3n) is 4.94. The van der Waals surface area contributed by atoms with E-state index in [-0.39, 0.29) is 23.3 Å². The first-order valence-corrected chi connectivity index (χ1v) is 11.2. The Morgan fingerprint density at radius 1 is 1.32 bits per heavy atom. The normalized spacial score (nSPS) is 12.3. The Balaban J connectivity index is 1.93. The smallest absolute Gasteiger partial charge is 0.263 e. The van der Waals surface area contributed by atoms with Crippen molar-refractivity contribution in [3.05, 3.63) is 45.1 Å². The summed E-state index contributed by atoms with van der Waals surface area (Å²) in [5, 5.41) is 6.13. The molecule has 3 rings (SSSR count). The minimum Gasteiger partial charge on any atom is -0.353 e. The van der Waals surface area contributed by atoms with E-state index in [0.29, 0.717) is 15.4 Å². The number of fused-ring (bicyclic) bond motifs is 1. The lowest BCUT2D eigenvalue weighted by Crippen LogP contribution is -2.33. The van der Waals surface area contributed by atoms with Gasteiger partial charge in [-0.05, 0) is 43.9 Å². The molecular formula is C21H25N3O2S2. The summed E-state index contributed by atoms with van der Waals surface area (Å²) in [4.78, 5) is 30.5. The quantitative estimate of drug-likeness (QED) is 0.482. The Morgan fingerprint density at radius 3 is 2.75 bits per heavy atom. The van der Waals surface area contributed by atoms with Gasteiger partial charge in [0.25, 0.3) is 5.56 Å². The number of hydrogen-bond acceptors (Lipinski definition) is 5. The van der Waals surface area contributed by atoms with Gasteiger partial charge in [-0.25, -0.2) is 4.98 Å². The van der Waals surface area contributed by atoms with E-state index < -0.39 is 0 Å². The van der Waals surface area contributed by atoms with Gasteiger partial charge in [0.15, 0.2) is 5.16 Å². The molecule has 0 fully saturated rings. The molecule has 1 aromatic carbocycles. The van der Waals surface area contributed by atoms with Crippen molar-refractivity contribution in [2.45, 2.75) is 45.3 Å². The number of benzene rings is 1. The lowest BCUT2D eigenvalue weighted by atomic mass is 10.0. The predicted octanol–water partition coefficient (Wildman–Crippen LogP) is 4.29. The molecule has 0 radical (unpaired) electrons. The van der Waals surface area contributed by atoms with Crippen LogP contribution in [0.5, 0.6) is 0 Å². The van der Waals surface area contributed by atoms with Crippen molar-refractivity contribution >= 4 is 39.2 Å².